The van der Waals surface area contributed by atoms with Crippen LogP contribution in [0.1, 0.15) is 41.0 Å². The van der Waals surface area contributed by atoms with Gasteiger partial charge in [-0.15, -0.1) is 0 Å². The average Bonchev–Trinajstić information content (AvgIpc) is 1.83. The molecule has 3 heteroatoms. The Morgan fingerprint density at radius 3 is 1.73 bits per heavy atom. The summed E-state index contributed by atoms with van der Waals surface area (Å²) in [6.07, 6.45) is 1.64. The summed E-state index contributed by atoms with van der Waals surface area (Å²) < 4.78 is 5.63. The third kappa shape index (κ3) is 35.7. The van der Waals surface area contributed by atoms with E-state index in [4.69, 9.17) is 4.43 Å². The average molecular weight is 280 g/mol. The van der Waals surface area contributed by atoms with Crippen molar-refractivity contribution in [3.63, 3.8) is 0 Å². The Labute approximate surface area is 87.9 Å². The van der Waals surface area contributed by atoms with Gasteiger partial charge in [0.2, 0.25) is 0 Å². The molecule has 0 aromatic rings. The summed E-state index contributed by atoms with van der Waals surface area (Å²) in [5.74, 6) is 0. The monoisotopic (exact) mass is 281 g/mol. The van der Waals surface area contributed by atoms with Crippen molar-refractivity contribution in [3.8, 4) is 0 Å². The normalized spacial score (nSPS) is 13.6. The predicted octanol–water partition coefficient (Wildman–Crippen LogP) is 1.46. The van der Waals surface area contributed by atoms with Crippen LogP contribution in [0.25, 0.3) is 0 Å². The van der Waals surface area contributed by atoms with Crippen LogP contribution in [0, 0.1) is 0 Å². The molecule has 0 amide bonds. The van der Waals surface area contributed by atoms with E-state index in [2.05, 4.69) is 34.6 Å². The molecule has 11 heavy (non-hydrogen) atoms. The first-order valence-corrected chi connectivity index (χ1v) is 6.33. The number of hydrogen-bond acceptors (Lipinski definition) is 1. The van der Waals surface area contributed by atoms with Gasteiger partial charge in [-0.3, -0.25) is 0 Å². The Balaban J connectivity index is 0. The first-order chi connectivity index (χ1) is 4.81. The maximum atomic E-state index is 5.04. The van der Waals surface area contributed by atoms with Crippen molar-refractivity contribution in [2.24, 2.45) is 0 Å². The maximum absolute atomic E-state index is 5.04. The molecule has 0 aliphatic carbocycles. The topological polar surface area (TPSA) is 9.23 Å². The van der Waals surface area contributed by atoms with Gasteiger partial charge in [-0.05, 0) is 13.3 Å². The van der Waals surface area contributed by atoms with E-state index in [-0.39, 0.29) is 0 Å². The summed E-state index contributed by atoms with van der Waals surface area (Å²) in [6, 6.07) is 0. The Bertz CT molecular complexity index is 70.7. The minimum absolute atomic E-state index is 0.497. The van der Waals surface area contributed by atoms with Crippen LogP contribution in [0.3, 0.4) is 0 Å². The van der Waals surface area contributed by atoms with E-state index in [9.17, 15) is 0 Å². The summed E-state index contributed by atoms with van der Waals surface area (Å²) in [5, 5.41) is 0. The van der Waals surface area contributed by atoms with E-state index in [1.165, 1.54) is 0 Å². The molecule has 3 radical (unpaired) electrons. The van der Waals surface area contributed by atoms with Crippen LogP contribution in [0.15, 0.2) is 0 Å². The molecule has 0 fully saturated rings. The molecule has 67 valence electrons. The predicted molar refractivity (Wildman–Crippen MR) is 56.2 cm³/mol. The van der Waals surface area contributed by atoms with E-state index in [1.807, 2.05) is 0 Å². The molecule has 1 nitrogen and oxygen atoms in total. The second-order valence-electron chi connectivity index (χ2n) is 3.70. The van der Waals surface area contributed by atoms with Crippen LogP contribution in [-0.2, 0) is 4.43 Å². The molecular weight excluding hydrogens is 259 g/mol. The third-order valence-corrected chi connectivity index (χ3v) is 1.78. The Morgan fingerprint density at radius 1 is 1.45 bits per heavy atom. The fourth-order valence-corrected chi connectivity index (χ4v) is 0.500. The zero-order chi connectivity index (χ0) is 9.49. The fraction of sp³-hybridized carbons (Fsp3) is 1.00. The third-order valence-electron chi connectivity index (χ3n) is 0.977. The van der Waals surface area contributed by atoms with E-state index in [1.54, 1.807) is 22.5 Å². The van der Waals surface area contributed by atoms with Crippen molar-refractivity contribution in [1.82, 2.24) is 0 Å². The van der Waals surface area contributed by atoms with E-state index in [0.29, 0.717) is 9.53 Å². The van der Waals surface area contributed by atoms with Gasteiger partial charge >= 0.3 is 46.7 Å². The second kappa shape index (κ2) is 7.62. The Kier molecular flexibility index (Phi) is 10.0. The second-order valence-corrected chi connectivity index (χ2v) is 8.46. The van der Waals surface area contributed by atoms with Crippen LogP contribution >= 0.6 is 0 Å². The van der Waals surface area contributed by atoms with Gasteiger partial charge < -0.3 is 4.43 Å². The zero-order valence-electron chi connectivity index (χ0n) is 8.69. The summed E-state index contributed by atoms with van der Waals surface area (Å²) in [6.45, 7) is 10.9. The minimum atomic E-state index is 0.497. The van der Waals surface area contributed by atoms with Crippen molar-refractivity contribution < 1.29 is 4.43 Å². The van der Waals surface area contributed by atoms with E-state index in [0.717, 1.165) is 16.9 Å². The molecule has 1 unspecified atom stereocenters. The van der Waals surface area contributed by atoms with Gasteiger partial charge in [0.05, 0.1) is 0 Å². The summed E-state index contributed by atoms with van der Waals surface area (Å²) in [7, 11) is 0.882. The Hall–Kier alpha value is 0.976. The van der Waals surface area contributed by atoms with Crippen LogP contribution in [-0.4, -0.2) is 39.1 Å². The van der Waals surface area contributed by atoms with Gasteiger partial charge in [-0.25, -0.2) is 0 Å². The van der Waals surface area contributed by atoms with Crippen molar-refractivity contribution in [1.29, 1.82) is 0 Å². The zero-order valence-corrected chi connectivity index (χ0v) is 13.5. The molecule has 0 N–H and O–H groups in total. The molecule has 1 atom stereocenters. The van der Waals surface area contributed by atoms with Crippen molar-refractivity contribution in [2.45, 2.75) is 50.6 Å². The molecule has 0 saturated heterocycles. The standard InChI is InChI=1S/C4H12OSi.C4H9.Sn/c1-3-4(2)5-6;1-4(2)3;/h4H,3H2,1-2,6H3;1-3H3;. The van der Waals surface area contributed by atoms with Crippen LogP contribution in [0.2, 0.25) is 3.43 Å². The first-order valence-electron chi connectivity index (χ1n) is 4.09. The van der Waals surface area contributed by atoms with Gasteiger partial charge in [0.1, 0.15) is 10.5 Å². The van der Waals surface area contributed by atoms with Crippen molar-refractivity contribution >= 4 is 33.0 Å². The quantitative estimate of drug-likeness (QED) is 0.696. The molecule has 0 spiro atoms. The van der Waals surface area contributed by atoms with Gasteiger partial charge in [-0.2, -0.15) is 0 Å². The van der Waals surface area contributed by atoms with Gasteiger partial charge in [0.25, 0.3) is 0 Å². The Morgan fingerprint density at radius 2 is 1.73 bits per heavy atom. The number of hydrogen-bond donors (Lipinski definition) is 0. The summed E-state index contributed by atoms with van der Waals surface area (Å²) in [4.78, 5) is 0. The molecule has 0 bridgehead atoms. The molecule has 0 aliphatic heterocycles. The molecule has 0 rings (SSSR count). The molecule has 0 aromatic heterocycles. The van der Waals surface area contributed by atoms with E-state index < -0.39 is 0 Å². The van der Waals surface area contributed by atoms with Gasteiger partial charge in [0.15, 0.2) is 0 Å². The van der Waals surface area contributed by atoms with Gasteiger partial charge in [-0.1, -0.05) is 6.92 Å². The molecule has 0 aromatic carbocycles. The fourth-order valence-electron chi connectivity index (χ4n) is 0.167. The van der Waals surface area contributed by atoms with E-state index >= 15 is 0 Å². The molecule has 0 saturated carbocycles. The number of rotatable bonds is 2. The summed E-state index contributed by atoms with van der Waals surface area (Å²) >= 11 is 1.62. The first kappa shape index (κ1) is 14.5. The van der Waals surface area contributed by atoms with Crippen LogP contribution < -0.4 is 0 Å². The van der Waals surface area contributed by atoms with Gasteiger partial charge in [0, 0.05) is 6.10 Å². The van der Waals surface area contributed by atoms with Crippen LogP contribution in [0.4, 0.5) is 0 Å². The molecular formula is C8H21OSiSn. The molecule has 0 heterocycles. The van der Waals surface area contributed by atoms with Crippen molar-refractivity contribution in [2.75, 3.05) is 0 Å². The molecule has 0 aliphatic rings. The summed E-state index contributed by atoms with van der Waals surface area (Å²) in [5.41, 5.74) is 0. The SMILES string of the molecule is CCC(C)O[SiH3].C[C](C)(C)[Sn]. The van der Waals surface area contributed by atoms with Crippen LogP contribution in [0.5, 0.6) is 0 Å². The van der Waals surface area contributed by atoms with Crippen molar-refractivity contribution in [3.05, 3.63) is 0 Å².